The number of amides is 1. The number of benzene rings is 1. The lowest BCUT2D eigenvalue weighted by molar-refractivity contribution is -0.139. The van der Waals surface area contributed by atoms with Crippen LogP contribution in [-0.2, 0) is 9.59 Å². The summed E-state index contributed by atoms with van der Waals surface area (Å²) in [5.74, 6) is -0.507. The first-order valence-corrected chi connectivity index (χ1v) is 10.5. The summed E-state index contributed by atoms with van der Waals surface area (Å²) >= 11 is 0. The summed E-state index contributed by atoms with van der Waals surface area (Å²) in [4.78, 5) is 33.6. The summed E-state index contributed by atoms with van der Waals surface area (Å²) in [6, 6.07) is 5.73. The molecule has 1 aliphatic heterocycles. The van der Waals surface area contributed by atoms with Gasteiger partial charge in [0.05, 0.1) is 32.9 Å². The number of ether oxygens (including phenoxy) is 3. The number of likely N-dealkylation sites (tertiary alicyclic amines) is 1. The zero-order valence-corrected chi connectivity index (χ0v) is 19.5. The molecule has 33 heavy (non-hydrogen) atoms. The molecule has 0 aliphatic carbocycles. The zero-order valence-electron chi connectivity index (χ0n) is 19.5. The predicted octanol–water partition coefficient (Wildman–Crippen LogP) is 2.48. The highest BCUT2D eigenvalue weighted by atomic mass is 16.5. The van der Waals surface area contributed by atoms with Crippen molar-refractivity contribution in [3.8, 4) is 17.2 Å². The minimum absolute atomic E-state index is 0.00493. The average Bonchev–Trinajstić information content (AvgIpc) is 3.07. The molecule has 3 rings (SSSR count). The lowest BCUT2D eigenvalue weighted by Gasteiger charge is -2.27. The molecule has 1 amide bonds. The topological polar surface area (TPSA) is 101 Å². The van der Waals surface area contributed by atoms with Gasteiger partial charge in [0.15, 0.2) is 11.5 Å². The number of Topliss-reactive ketones (excluding diaryl/α,β-unsaturated/α-hetero) is 1. The van der Waals surface area contributed by atoms with Crippen molar-refractivity contribution in [2.75, 3.05) is 48.5 Å². The number of rotatable bonds is 9. The Hall–Kier alpha value is -3.59. The second-order valence-corrected chi connectivity index (χ2v) is 7.84. The maximum absolute atomic E-state index is 13.1. The van der Waals surface area contributed by atoms with Crippen molar-refractivity contribution in [1.82, 2.24) is 14.8 Å². The monoisotopic (exact) mass is 455 g/mol. The number of carbonyl (C=O) groups excluding carboxylic acids is 2. The average molecular weight is 456 g/mol. The number of ketones is 1. The Kier molecular flexibility index (Phi) is 7.55. The third-order valence-electron chi connectivity index (χ3n) is 5.50. The third kappa shape index (κ3) is 4.78. The van der Waals surface area contributed by atoms with Gasteiger partial charge in [-0.2, -0.15) is 0 Å². The van der Waals surface area contributed by atoms with Gasteiger partial charge in [-0.25, -0.2) is 0 Å². The van der Waals surface area contributed by atoms with Crippen molar-refractivity contribution >= 4 is 17.4 Å². The number of hydrogen-bond acceptors (Lipinski definition) is 8. The Morgan fingerprint density at radius 1 is 1.06 bits per heavy atom. The number of hydrogen-bond donors (Lipinski definition) is 1. The smallest absolute Gasteiger partial charge is 0.295 e. The molecule has 0 saturated carbocycles. The number of methoxy groups -OCH3 is 3. The highest BCUT2D eigenvalue weighted by Gasteiger charge is 2.46. The third-order valence-corrected chi connectivity index (χ3v) is 5.50. The Balaban J connectivity index is 2.20. The number of nitrogens with zero attached hydrogens (tertiary/aromatic N) is 3. The van der Waals surface area contributed by atoms with Crippen molar-refractivity contribution < 1.29 is 28.9 Å². The molecule has 1 aromatic carbocycles. The molecule has 0 bridgehead atoms. The molecule has 9 heteroatoms. The van der Waals surface area contributed by atoms with E-state index in [1.54, 1.807) is 24.3 Å². The lowest BCUT2D eigenvalue weighted by atomic mass is 9.95. The number of aromatic nitrogens is 1. The van der Waals surface area contributed by atoms with Crippen LogP contribution in [-0.4, -0.2) is 80.1 Å². The summed E-state index contributed by atoms with van der Waals surface area (Å²) in [7, 11) is 8.36. The van der Waals surface area contributed by atoms with Crippen LogP contribution in [0.2, 0.25) is 0 Å². The van der Waals surface area contributed by atoms with Gasteiger partial charge < -0.3 is 29.1 Å². The Morgan fingerprint density at radius 2 is 1.67 bits per heavy atom. The number of pyridine rings is 1. The number of aliphatic hydroxyl groups is 1. The Bertz CT molecular complexity index is 1030. The molecule has 2 aromatic rings. The van der Waals surface area contributed by atoms with Gasteiger partial charge in [-0.1, -0.05) is 0 Å². The first-order valence-electron chi connectivity index (χ1n) is 10.5. The molecular weight excluding hydrogens is 426 g/mol. The summed E-state index contributed by atoms with van der Waals surface area (Å²) in [5, 5.41) is 11.1. The van der Waals surface area contributed by atoms with E-state index in [0.717, 1.165) is 6.54 Å². The van der Waals surface area contributed by atoms with E-state index >= 15 is 0 Å². The molecule has 0 spiro atoms. The highest BCUT2D eigenvalue weighted by molar-refractivity contribution is 6.46. The van der Waals surface area contributed by atoms with Crippen LogP contribution in [0, 0.1) is 0 Å². The van der Waals surface area contributed by atoms with Crippen LogP contribution in [0.15, 0.2) is 42.2 Å². The van der Waals surface area contributed by atoms with E-state index in [-0.39, 0.29) is 11.3 Å². The molecular formula is C24H29N3O6. The quantitative estimate of drug-likeness (QED) is 0.350. The van der Waals surface area contributed by atoms with Crippen LogP contribution in [0.1, 0.15) is 23.6 Å². The summed E-state index contributed by atoms with van der Waals surface area (Å²) < 4.78 is 16.4. The Morgan fingerprint density at radius 3 is 2.18 bits per heavy atom. The first-order chi connectivity index (χ1) is 15.8. The van der Waals surface area contributed by atoms with Gasteiger partial charge in [-0.3, -0.25) is 14.6 Å². The SMILES string of the molecule is COc1cc([C@H]2C(=C(O)c3ccncc3)C(=O)C(=O)N2CCCN(C)C)cc(OC)c1OC. The fraction of sp³-hybridized carbons (Fsp3) is 0.375. The Labute approximate surface area is 193 Å². The fourth-order valence-corrected chi connectivity index (χ4v) is 3.94. The molecule has 1 aromatic heterocycles. The van der Waals surface area contributed by atoms with Crippen LogP contribution >= 0.6 is 0 Å². The summed E-state index contributed by atoms with van der Waals surface area (Å²) in [5.41, 5.74) is 0.961. The minimum Gasteiger partial charge on any atom is -0.507 e. The first kappa shape index (κ1) is 24.1. The molecule has 0 unspecified atom stereocenters. The van der Waals surface area contributed by atoms with Crippen molar-refractivity contribution in [1.29, 1.82) is 0 Å². The highest BCUT2D eigenvalue weighted by Crippen LogP contribution is 2.45. The van der Waals surface area contributed by atoms with E-state index in [1.807, 2.05) is 19.0 Å². The normalized spacial score (nSPS) is 17.5. The molecule has 176 valence electrons. The van der Waals surface area contributed by atoms with Crippen LogP contribution < -0.4 is 14.2 Å². The van der Waals surface area contributed by atoms with E-state index in [0.29, 0.717) is 41.3 Å². The van der Waals surface area contributed by atoms with E-state index in [4.69, 9.17) is 14.2 Å². The second-order valence-electron chi connectivity index (χ2n) is 7.84. The van der Waals surface area contributed by atoms with E-state index in [1.165, 1.54) is 38.6 Å². The molecule has 1 aliphatic rings. The molecule has 0 radical (unpaired) electrons. The van der Waals surface area contributed by atoms with Gasteiger partial charge in [-0.15, -0.1) is 0 Å². The standard InChI is InChI=1S/C24H29N3O6/c1-26(2)11-6-12-27-20(16-13-17(31-3)23(33-5)18(14-16)32-4)19(22(29)24(27)30)21(28)15-7-9-25-10-8-15/h7-10,13-14,20,28H,6,11-12H2,1-5H3/t20-/m0/s1. The molecule has 1 saturated heterocycles. The zero-order chi connectivity index (χ0) is 24.1. The van der Waals surface area contributed by atoms with Gasteiger partial charge in [0.1, 0.15) is 5.76 Å². The van der Waals surface area contributed by atoms with Gasteiger partial charge in [0.25, 0.3) is 11.7 Å². The molecule has 1 atom stereocenters. The van der Waals surface area contributed by atoms with Crippen LogP contribution in [0.5, 0.6) is 17.2 Å². The van der Waals surface area contributed by atoms with Gasteiger partial charge in [0, 0.05) is 24.5 Å². The summed E-state index contributed by atoms with van der Waals surface area (Å²) in [6.07, 6.45) is 3.67. The number of carbonyl (C=O) groups is 2. The van der Waals surface area contributed by atoms with Crippen LogP contribution in [0.4, 0.5) is 0 Å². The van der Waals surface area contributed by atoms with Gasteiger partial charge >= 0.3 is 0 Å². The van der Waals surface area contributed by atoms with E-state index in [9.17, 15) is 14.7 Å². The molecule has 9 nitrogen and oxygen atoms in total. The molecule has 1 fully saturated rings. The van der Waals surface area contributed by atoms with Crippen molar-refractivity contribution in [3.63, 3.8) is 0 Å². The van der Waals surface area contributed by atoms with E-state index in [2.05, 4.69) is 4.98 Å². The van der Waals surface area contributed by atoms with Gasteiger partial charge in [0.2, 0.25) is 5.75 Å². The summed E-state index contributed by atoms with van der Waals surface area (Å²) in [6.45, 7) is 1.06. The van der Waals surface area contributed by atoms with Crippen molar-refractivity contribution in [2.45, 2.75) is 12.5 Å². The maximum Gasteiger partial charge on any atom is 0.295 e. The van der Waals surface area contributed by atoms with Crippen LogP contribution in [0.3, 0.4) is 0 Å². The fourth-order valence-electron chi connectivity index (χ4n) is 3.94. The minimum atomic E-state index is -0.825. The lowest BCUT2D eigenvalue weighted by Crippen LogP contribution is -2.32. The van der Waals surface area contributed by atoms with Crippen molar-refractivity contribution in [3.05, 3.63) is 53.4 Å². The maximum atomic E-state index is 13.1. The molecule has 2 heterocycles. The van der Waals surface area contributed by atoms with Crippen LogP contribution in [0.25, 0.3) is 5.76 Å². The largest absolute Gasteiger partial charge is 0.507 e. The van der Waals surface area contributed by atoms with Crippen molar-refractivity contribution in [2.24, 2.45) is 0 Å². The van der Waals surface area contributed by atoms with E-state index < -0.39 is 17.7 Å². The second kappa shape index (κ2) is 10.4. The number of aliphatic hydroxyl groups excluding tert-OH is 1. The molecule has 1 N–H and O–H groups in total. The predicted molar refractivity (Wildman–Crippen MR) is 123 cm³/mol. The van der Waals surface area contributed by atoms with Gasteiger partial charge in [-0.05, 0) is 56.9 Å².